The summed E-state index contributed by atoms with van der Waals surface area (Å²) in [6, 6.07) is 9.27. The summed E-state index contributed by atoms with van der Waals surface area (Å²) in [6.07, 6.45) is 1.57. The maximum atomic E-state index is 12.7. The zero-order chi connectivity index (χ0) is 19.0. The molecule has 3 aromatic rings. The normalized spacial score (nSPS) is 15.3. The van der Waals surface area contributed by atoms with Gasteiger partial charge in [-0.2, -0.15) is 5.10 Å². The lowest BCUT2D eigenvalue weighted by Crippen LogP contribution is -2.45. The fraction of sp³-hybridized carbons (Fsp3) is 0.368. The van der Waals surface area contributed by atoms with Gasteiger partial charge in [-0.05, 0) is 25.8 Å². The number of anilines is 1. The summed E-state index contributed by atoms with van der Waals surface area (Å²) in [5.74, 6) is 0.452. The van der Waals surface area contributed by atoms with Crippen LogP contribution in [0.1, 0.15) is 29.0 Å². The number of hydrogen-bond donors (Lipinski definition) is 2. The van der Waals surface area contributed by atoms with Gasteiger partial charge in [-0.15, -0.1) is 0 Å². The van der Waals surface area contributed by atoms with Crippen LogP contribution in [0.4, 0.5) is 5.95 Å². The number of amides is 1. The molecule has 27 heavy (non-hydrogen) atoms. The number of aromatic amines is 1. The van der Waals surface area contributed by atoms with Crippen LogP contribution >= 0.6 is 0 Å². The molecule has 3 heterocycles. The quantitative estimate of drug-likeness (QED) is 0.730. The third-order valence-corrected chi connectivity index (χ3v) is 4.96. The number of aromatic nitrogens is 4. The third kappa shape index (κ3) is 3.42. The van der Waals surface area contributed by atoms with Gasteiger partial charge in [0.05, 0.1) is 5.52 Å². The molecule has 0 unspecified atom stereocenters. The Balaban J connectivity index is 1.43. The minimum absolute atomic E-state index is 0.0750. The SMILES string of the molecule is Cc1cc(=O)[nH]c(N2CCC(NC(=O)c3nn(C)c4ccccc34)CC2)n1. The Morgan fingerprint density at radius 2 is 2.00 bits per heavy atom. The Bertz CT molecular complexity index is 1050. The monoisotopic (exact) mass is 366 g/mol. The highest BCUT2D eigenvalue weighted by atomic mass is 16.2. The molecule has 1 aliphatic rings. The van der Waals surface area contributed by atoms with E-state index >= 15 is 0 Å². The van der Waals surface area contributed by atoms with E-state index in [4.69, 9.17) is 0 Å². The molecule has 1 amide bonds. The summed E-state index contributed by atoms with van der Waals surface area (Å²) < 4.78 is 1.73. The van der Waals surface area contributed by atoms with Crippen LogP contribution in [0, 0.1) is 6.92 Å². The van der Waals surface area contributed by atoms with Crippen molar-refractivity contribution in [3.63, 3.8) is 0 Å². The summed E-state index contributed by atoms with van der Waals surface area (Å²) in [6.45, 7) is 3.25. The third-order valence-electron chi connectivity index (χ3n) is 4.96. The zero-order valence-corrected chi connectivity index (χ0v) is 15.4. The van der Waals surface area contributed by atoms with E-state index in [1.54, 1.807) is 4.68 Å². The molecule has 4 rings (SSSR count). The Kier molecular flexibility index (Phi) is 4.39. The van der Waals surface area contributed by atoms with Crippen LogP contribution in [0.25, 0.3) is 10.9 Å². The van der Waals surface area contributed by atoms with E-state index in [1.807, 2.05) is 43.1 Å². The van der Waals surface area contributed by atoms with Crippen molar-refractivity contribution in [2.75, 3.05) is 18.0 Å². The Labute approximate surface area is 156 Å². The molecular weight excluding hydrogens is 344 g/mol. The first-order valence-corrected chi connectivity index (χ1v) is 9.07. The number of nitrogens with one attached hydrogen (secondary N) is 2. The van der Waals surface area contributed by atoms with Crippen molar-refractivity contribution in [3.8, 4) is 0 Å². The van der Waals surface area contributed by atoms with Crippen LogP contribution in [0.2, 0.25) is 0 Å². The van der Waals surface area contributed by atoms with Crippen LogP contribution in [0.3, 0.4) is 0 Å². The molecule has 0 radical (unpaired) electrons. The highest BCUT2D eigenvalue weighted by molar-refractivity contribution is 6.04. The number of nitrogens with zero attached hydrogens (tertiary/aromatic N) is 4. The van der Waals surface area contributed by atoms with Crippen molar-refractivity contribution < 1.29 is 4.79 Å². The zero-order valence-electron chi connectivity index (χ0n) is 15.4. The van der Waals surface area contributed by atoms with Crippen LogP contribution in [0.15, 0.2) is 35.1 Å². The first kappa shape index (κ1) is 17.3. The number of para-hydroxylation sites is 1. The number of H-pyrrole nitrogens is 1. The first-order chi connectivity index (χ1) is 13.0. The maximum Gasteiger partial charge on any atom is 0.272 e. The van der Waals surface area contributed by atoms with E-state index in [2.05, 4.69) is 20.4 Å². The van der Waals surface area contributed by atoms with Gasteiger partial charge in [0.1, 0.15) is 0 Å². The molecule has 0 spiro atoms. The first-order valence-electron chi connectivity index (χ1n) is 9.07. The van der Waals surface area contributed by atoms with E-state index < -0.39 is 0 Å². The van der Waals surface area contributed by atoms with Gasteiger partial charge < -0.3 is 10.2 Å². The van der Waals surface area contributed by atoms with Crippen molar-refractivity contribution in [2.45, 2.75) is 25.8 Å². The van der Waals surface area contributed by atoms with Crippen molar-refractivity contribution in [3.05, 3.63) is 52.1 Å². The lowest BCUT2D eigenvalue weighted by atomic mass is 10.0. The lowest BCUT2D eigenvalue weighted by molar-refractivity contribution is 0.0927. The van der Waals surface area contributed by atoms with Gasteiger partial charge >= 0.3 is 0 Å². The number of aryl methyl sites for hydroxylation is 2. The molecule has 8 nitrogen and oxygen atoms in total. The van der Waals surface area contributed by atoms with Crippen molar-refractivity contribution >= 4 is 22.8 Å². The molecule has 0 aliphatic carbocycles. The van der Waals surface area contributed by atoms with E-state index in [1.165, 1.54) is 6.07 Å². The number of benzene rings is 1. The predicted molar refractivity (Wildman–Crippen MR) is 103 cm³/mol. The van der Waals surface area contributed by atoms with Gasteiger partial charge in [0.15, 0.2) is 5.69 Å². The molecule has 2 N–H and O–H groups in total. The second kappa shape index (κ2) is 6.86. The maximum absolute atomic E-state index is 12.7. The lowest BCUT2D eigenvalue weighted by Gasteiger charge is -2.32. The van der Waals surface area contributed by atoms with E-state index in [0.29, 0.717) is 17.3 Å². The summed E-state index contributed by atoms with van der Waals surface area (Å²) in [7, 11) is 1.84. The highest BCUT2D eigenvalue weighted by Crippen LogP contribution is 2.19. The van der Waals surface area contributed by atoms with Crippen LogP contribution in [-0.2, 0) is 7.05 Å². The standard InChI is InChI=1S/C19H22N6O2/c1-12-11-16(26)22-19(20-12)25-9-7-13(8-10-25)21-18(27)17-14-5-3-4-6-15(14)24(2)23-17/h3-6,11,13H,7-10H2,1-2H3,(H,21,27)(H,20,22,26). The molecule has 1 fully saturated rings. The van der Waals surface area contributed by atoms with Crippen molar-refractivity contribution in [2.24, 2.45) is 7.05 Å². The van der Waals surface area contributed by atoms with Gasteiger partial charge in [0.25, 0.3) is 11.5 Å². The van der Waals surface area contributed by atoms with E-state index in [-0.39, 0.29) is 17.5 Å². The van der Waals surface area contributed by atoms with Gasteiger partial charge in [0.2, 0.25) is 5.95 Å². The molecular formula is C19H22N6O2. The fourth-order valence-corrected chi connectivity index (χ4v) is 3.58. The largest absolute Gasteiger partial charge is 0.348 e. The molecule has 140 valence electrons. The van der Waals surface area contributed by atoms with Crippen LogP contribution in [0.5, 0.6) is 0 Å². The van der Waals surface area contributed by atoms with Crippen molar-refractivity contribution in [1.29, 1.82) is 0 Å². The van der Waals surface area contributed by atoms with E-state index in [0.717, 1.165) is 36.8 Å². The number of fused-ring (bicyclic) bond motifs is 1. The number of carbonyl (C=O) groups is 1. The molecule has 1 aliphatic heterocycles. The fourth-order valence-electron chi connectivity index (χ4n) is 3.58. The Morgan fingerprint density at radius 3 is 2.74 bits per heavy atom. The topological polar surface area (TPSA) is 95.9 Å². The van der Waals surface area contributed by atoms with Crippen LogP contribution in [-0.4, -0.2) is 44.8 Å². The highest BCUT2D eigenvalue weighted by Gasteiger charge is 2.24. The smallest absolute Gasteiger partial charge is 0.272 e. The van der Waals surface area contributed by atoms with Crippen LogP contribution < -0.4 is 15.8 Å². The van der Waals surface area contributed by atoms with Gasteiger partial charge in [-0.25, -0.2) is 4.98 Å². The Morgan fingerprint density at radius 1 is 1.26 bits per heavy atom. The predicted octanol–water partition coefficient (Wildman–Crippen LogP) is 1.36. The molecule has 1 aromatic carbocycles. The minimum Gasteiger partial charge on any atom is -0.348 e. The van der Waals surface area contributed by atoms with E-state index in [9.17, 15) is 9.59 Å². The number of piperidine rings is 1. The molecule has 8 heteroatoms. The van der Waals surface area contributed by atoms with Gasteiger partial charge in [0, 0.05) is 43.3 Å². The number of hydrogen-bond acceptors (Lipinski definition) is 5. The van der Waals surface area contributed by atoms with Gasteiger partial charge in [-0.3, -0.25) is 19.3 Å². The number of carbonyl (C=O) groups excluding carboxylic acids is 1. The molecule has 0 saturated carbocycles. The summed E-state index contributed by atoms with van der Waals surface area (Å²) in [5, 5.41) is 8.34. The number of rotatable bonds is 3. The second-order valence-corrected chi connectivity index (χ2v) is 6.93. The Hall–Kier alpha value is -3.16. The second-order valence-electron chi connectivity index (χ2n) is 6.93. The van der Waals surface area contributed by atoms with Crippen molar-refractivity contribution in [1.82, 2.24) is 25.1 Å². The van der Waals surface area contributed by atoms with Gasteiger partial charge in [-0.1, -0.05) is 18.2 Å². The summed E-state index contributed by atoms with van der Waals surface area (Å²) in [5.41, 5.74) is 1.95. The molecule has 1 saturated heterocycles. The molecule has 0 atom stereocenters. The summed E-state index contributed by atoms with van der Waals surface area (Å²) in [4.78, 5) is 33.6. The summed E-state index contributed by atoms with van der Waals surface area (Å²) >= 11 is 0. The average Bonchev–Trinajstić information content (AvgIpc) is 2.99. The average molecular weight is 366 g/mol. The minimum atomic E-state index is -0.146. The molecule has 0 bridgehead atoms. The molecule has 2 aromatic heterocycles.